The number of aliphatic hydroxyl groups excluding tert-OH is 11. The molecule has 0 bridgehead atoms. The number of rotatable bonds is 52. The number of amides is 1. The first-order valence-electron chi connectivity index (χ1n) is 34.4. The molecule has 87 heavy (non-hydrogen) atoms. The third-order valence-electron chi connectivity index (χ3n) is 17.2. The first-order chi connectivity index (χ1) is 42.3. The van der Waals surface area contributed by atoms with Crippen LogP contribution in [0.1, 0.15) is 245 Å². The van der Waals surface area contributed by atoms with Gasteiger partial charge in [0, 0.05) is 6.42 Å². The van der Waals surface area contributed by atoms with Crippen LogP contribution in [0.25, 0.3) is 0 Å². The van der Waals surface area contributed by atoms with Crippen molar-refractivity contribution < 1.29 is 89.4 Å². The Hall–Kier alpha value is -2.25. The Bertz CT molecular complexity index is 1770. The van der Waals surface area contributed by atoms with Crippen LogP contribution in [0, 0.1) is 0 Å². The minimum atomic E-state index is -1.98. The molecule has 3 rings (SSSR count). The molecular formula is C68H123NO18. The van der Waals surface area contributed by atoms with Crippen molar-refractivity contribution in [2.45, 2.75) is 349 Å². The van der Waals surface area contributed by atoms with Gasteiger partial charge in [-0.1, -0.05) is 236 Å². The first kappa shape index (κ1) is 79.0. The topological polar surface area (TPSA) is 307 Å². The molecular weight excluding hydrogens is 1120 g/mol. The largest absolute Gasteiger partial charge is 0.394 e. The number of carbonyl (C=O) groups is 1. The van der Waals surface area contributed by atoms with Gasteiger partial charge < -0.3 is 89.9 Å². The molecule has 19 heteroatoms. The summed E-state index contributed by atoms with van der Waals surface area (Å²) in [5.41, 5.74) is 0. The van der Waals surface area contributed by atoms with E-state index in [9.17, 15) is 61.0 Å². The van der Waals surface area contributed by atoms with E-state index in [2.05, 4.69) is 67.8 Å². The maximum absolute atomic E-state index is 13.4. The average Bonchev–Trinajstić information content (AvgIpc) is 2.87. The molecule has 3 fully saturated rings. The lowest BCUT2D eigenvalue weighted by Crippen LogP contribution is -2.66. The van der Waals surface area contributed by atoms with E-state index in [1.807, 2.05) is 0 Å². The Labute approximate surface area is 523 Å². The molecule has 3 heterocycles. The van der Waals surface area contributed by atoms with E-state index in [1.165, 1.54) is 122 Å². The predicted molar refractivity (Wildman–Crippen MR) is 337 cm³/mol. The van der Waals surface area contributed by atoms with Gasteiger partial charge in [-0.2, -0.15) is 0 Å². The zero-order valence-corrected chi connectivity index (χ0v) is 53.5. The van der Waals surface area contributed by atoms with Crippen molar-refractivity contribution >= 4 is 5.91 Å². The van der Waals surface area contributed by atoms with Crippen molar-refractivity contribution in [3.8, 4) is 0 Å². The van der Waals surface area contributed by atoms with Crippen molar-refractivity contribution in [2.24, 2.45) is 0 Å². The number of ether oxygens (including phenoxy) is 6. The predicted octanol–water partition coefficient (Wildman–Crippen LogP) is 8.61. The highest BCUT2D eigenvalue weighted by Crippen LogP contribution is 2.33. The summed E-state index contributed by atoms with van der Waals surface area (Å²) in [6.07, 6.45) is 31.8. The van der Waals surface area contributed by atoms with E-state index in [0.29, 0.717) is 12.8 Å². The van der Waals surface area contributed by atoms with Crippen LogP contribution in [-0.4, -0.2) is 193 Å². The summed E-state index contributed by atoms with van der Waals surface area (Å²) in [6, 6.07) is -0.897. The molecule has 17 atom stereocenters. The first-order valence-corrected chi connectivity index (χ1v) is 34.4. The van der Waals surface area contributed by atoms with Gasteiger partial charge in [-0.05, 0) is 51.4 Å². The number of carbonyl (C=O) groups excluding carboxylic acids is 1. The molecule has 19 nitrogen and oxygen atoms in total. The Morgan fingerprint density at radius 1 is 0.425 bits per heavy atom. The SMILES string of the molecule is CC/C=C\C/C=C\C/C=C\C/C=C\CCCCCCCCC(=O)NC(COC1OC(CO)C(OC2OC(CO)C(OC3OC(CO)C(O)C(O)C3O)C(O)C2O)C(O)C1O)C(O)CCCCCCCCCCCCCCCCCCCCCCCCC. The van der Waals surface area contributed by atoms with E-state index < -0.39 is 124 Å². The molecule has 0 aromatic carbocycles. The zero-order chi connectivity index (χ0) is 63.3. The Kier molecular flexibility index (Phi) is 45.7. The maximum Gasteiger partial charge on any atom is 0.220 e. The molecule has 0 saturated carbocycles. The van der Waals surface area contributed by atoms with E-state index in [-0.39, 0.29) is 18.9 Å². The molecule has 3 aliphatic rings. The lowest BCUT2D eigenvalue weighted by molar-refractivity contribution is -0.379. The molecule has 3 aliphatic heterocycles. The second kappa shape index (κ2) is 50.3. The summed E-state index contributed by atoms with van der Waals surface area (Å²) >= 11 is 0. The fourth-order valence-electron chi connectivity index (χ4n) is 11.6. The number of nitrogens with one attached hydrogen (secondary N) is 1. The van der Waals surface area contributed by atoms with E-state index in [0.717, 1.165) is 89.9 Å². The standard InChI is InChI=1S/C68H123NO18/c1-3-5-7-9-11-13-15-17-19-21-23-24-25-26-28-29-31-33-35-37-39-41-43-45-52(73)51(69-56(74)46-44-42-40-38-36-34-32-30-27-22-20-18-16-14-12-10-8-6-4-2)50-82-66-62(80)59(77)64(54(48-71)84-66)87-68-63(81)60(78)65(55(49-72)85-68)86-67-61(79)58(76)57(75)53(47-70)83-67/h6,8,12,14,18,20,27,30,51-55,57-68,70-73,75-81H,3-5,7,9-11,13,15-17,19,21-26,28-29,31-50H2,1-2H3,(H,69,74)/b8-6-,14-12-,20-18-,30-27-. The highest BCUT2D eigenvalue weighted by molar-refractivity contribution is 5.76. The molecule has 12 N–H and O–H groups in total. The van der Waals surface area contributed by atoms with Crippen molar-refractivity contribution in [3.63, 3.8) is 0 Å². The quantitative estimate of drug-likeness (QED) is 0.0200. The third-order valence-corrected chi connectivity index (χ3v) is 17.2. The monoisotopic (exact) mass is 1240 g/mol. The summed E-state index contributed by atoms with van der Waals surface area (Å²) in [6.45, 7) is 1.69. The van der Waals surface area contributed by atoms with Crippen LogP contribution >= 0.6 is 0 Å². The van der Waals surface area contributed by atoms with Gasteiger partial charge in [-0.3, -0.25) is 4.79 Å². The van der Waals surface area contributed by atoms with Gasteiger partial charge >= 0.3 is 0 Å². The minimum Gasteiger partial charge on any atom is -0.394 e. The normalized spacial score (nSPS) is 28.9. The van der Waals surface area contributed by atoms with Crippen LogP contribution in [0.15, 0.2) is 48.6 Å². The number of aliphatic hydroxyl groups is 11. The van der Waals surface area contributed by atoms with E-state index >= 15 is 0 Å². The van der Waals surface area contributed by atoms with Crippen LogP contribution < -0.4 is 5.32 Å². The van der Waals surface area contributed by atoms with Crippen LogP contribution in [0.2, 0.25) is 0 Å². The average molecular weight is 1240 g/mol. The summed E-state index contributed by atoms with van der Waals surface area (Å²) < 4.78 is 34.4. The van der Waals surface area contributed by atoms with Gasteiger partial charge in [0.05, 0.1) is 38.6 Å². The second-order valence-corrected chi connectivity index (χ2v) is 24.6. The van der Waals surface area contributed by atoms with E-state index in [1.54, 1.807) is 0 Å². The Morgan fingerprint density at radius 3 is 1.24 bits per heavy atom. The number of hydrogen-bond acceptors (Lipinski definition) is 18. The smallest absolute Gasteiger partial charge is 0.220 e. The zero-order valence-electron chi connectivity index (χ0n) is 53.5. The lowest BCUT2D eigenvalue weighted by Gasteiger charge is -2.48. The van der Waals surface area contributed by atoms with E-state index in [4.69, 9.17) is 28.4 Å². The summed E-state index contributed by atoms with van der Waals surface area (Å²) in [4.78, 5) is 13.4. The van der Waals surface area contributed by atoms with Crippen molar-refractivity contribution in [1.29, 1.82) is 0 Å². The van der Waals surface area contributed by atoms with Gasteiger partial charge in [0.25, 0.3) is 0 Å². The molecule has 17 unspecified atom stereocenters. The molecule has 0 aromatic heterocycles. The molecule has 0 radical (unpaired) electrons. The van der Waals surface area contributed by atoms with Gasteiger partial charge in [0.15, 0.2) is 18.9 Å². The second-order valence-electron chi connectivity index (χ2n) is 24.6. The van der Waals surface area contributed by atoms with Crippen molar-refractivity contribution in [3.05, 3.63) is 48.6 Å². The summed E-state index contributed by atoms with van der Waals surface area (Å²) in [7, 11) is 0. The van der Waals surface area contributed by atoms with Gasteiger partial charge in [0.1, 0.15) is 73.2 Å². The molecule has 3 saturated heterocycles. The highest BCUT2D eigenvalue weighted by Gasteiger charge is 2.53. The number of allylic oxidation sites excluding steroid dienone is 8. The number of hydrogen-bond donors (Lipinski definition) is 12. The molecule has 0 spiro atoms. The van der Waals surface area contributed by atoms with Gasteiger partial charge in [-0.15, -0.1) is 0 Å². The number of unbranched alkanes of at least 4 members (excludes halogenated alkanes) is 28. The third kappa shape index (κ3) is 32.7. The lowest BCUT2D eigenvalue weighted by atomic mass is 9.96. The van der Waals surface area contributed by atoms with Crippen LogP contribution in [0.4, 0.5) is 0 Å². The van der Waals surface area contributed by atoms with Crippen molar-refractivity contribution in [2.75, 3.05) is 26.4 Å². The Morgan fingerprint density at radius 2 is 0.793 bits per heavy atom. The fourth-order valence-corrected chi connectivity index (χ4v) is 11.6. The summed E-state index contributed by atoms with van der Waals surface area (Å²) in [5.74, 6) is -0.256. The molecule has 0 aromatic rings. The van der Waals surface area contributed by atoms with Crippen molar-refractivity contribution in [1.82, 2.24) is 5.32 Å². The molecule has 0 aliphatic carbocycles. The van der Waals surface area contributed by atoms with Gasteiger partial charge in [0.2, 0.25) is 5.91 Å². The summed E-state index contributed by atoms with van der Waals surface area (Å²) in [5, 5.41) is 121. The highest BCUT2D eigenvalue weighted by atomic mass is 16.8. The molecule has 508 valence electrons. The fraction of sp³-hybridized carbons (Fsp3) is 0.868. The minimum absolute atomic E-state index is 0.249. The maximum atomic E-state index is 13.4. The van der Waals surface area contributed by atoms with Crippen LogP contribution in [-0.2, 0) is 33.2 Å². The van der Waals surface area contributed by atoms with Crippen LogP contribution in [0.3, 0.4) is 0 Å². The van der Waals surface area contributed by atoms with Crippen LogP contribution in [0.5, 0.6) is 0 Å². The van der Waals surface area contributed by atoms with Gasteiger partial charge in [-0.25, -0.2) is 0 Å². The Balaban J connectivity index is 1.44. The molecule has 1 amide bonds.